The Bertz CT molecular complexity index is 374. The third-order valence-corrected chi connectivity index (χ3v) is 2.80. The van der Waals surface area contributed by atoms with E-state index in [1.54, 1.807) is 24.3 Å². The quantitative estimate of drug-likeness (QED) is 0.787. The Morgan fingerprint density at radius 3 is 1.89 bits per heavy atom. The van der Waals surface area contributed by atoms with Crippen molar-refractivity contribution in [3.8, 4) is 0 Å². The summed E-state index contributed by atoms with van der Waals surface area (Å²) in [7, 11) is 0. The summed E-state index contributed by atoms with van der Waals surface area (Å²) in [5.74, 6) is 1.04. The lowest BCUT2D eigenvalue weighted by molar-refractivity contribution is 0.0715. The SMILES string of the molecule is CC(C)CN(CC(C)C)C(=O)c1ccc(Cl)cc1. The van der Waals surface area contributed by atoms with E-state index in [-0.39, 0.29) is 5.91 Å². The normalized spacial score (nSPS) is 11.1. The van der Waals surface area contributed by atoms with Crippen molar-refractivity contribution in [2.45, 2.75) is 27.7 Å². The fourth-order valence-electron chi connectivity index (χ4n) is 1.90. The van der Waals surface area contributed by atoms with Crippen molar-refractivity contribution in [2.24, 2.45) is 11.8 Å². The summed E-state index contributed by atoms with van der Waals surface area (Å²) in [6.45, 7) is 10.1. The predicted octanol–water partition coefficient (Wildman–Crippen LogP) is 4.09. The highest BCUT2D eigenvalue weighted by Crippen LogP contribution is 2.13. The van der Waals surface area contributed by atoms with E-state index in [4.69, 9.17) is 11.6 Å². The second-order valence-corrected chi connectivity index (χ2v) is 5.94. The highest BCUT2D eigenvalue weighted by molar-refractivity contribution is 6.30. The number of nitrogens with zero attached hydrogens (tertiary/aromatic N) is 1. The highest BCUT2D eigenvalue weighted by atomic mass is 35.5. The van der Waals surface area contributed by atoms with Gasteiger partial charge in [0.2, 0.25) is 0 Å². The minimum Gasteiger partial charge on any atom is -0.338 e. The second kappa shape index (κ2) is 6.79. The number of hydrogen-bond donors (Lipinski definition) is 0. The van der Waals surface area contributed by atoms with E-state index in [2.05, 4.69) is 27.7 Å². The number of benzene rings is 1. The first-order chi connectivity index (χ1) is 8.40. The summed E-state index contributed by atoms with van der Waals surface area (Å²) < 4.78 is 0. The van der Waals surface area contributed by atoms with Crippen LogP contribution in [0.15, 0.2) is 24.3 Å². The van der Waals surface area contributed by atoms with Crippen LogP contribution in [0.1, 0.15) is 38.1 Å². The first-order valence-electron chi connectivity index (χ1n) is 6.45. The van der Waals surface area contributed by atoms with Gasteiger partial charge in [-0.05, 0) is 36.1 Å². The average molecular weight is 268 g/mol. The van der Waals surface area contributed by atoms with Crippen molar-refractivity contribution >= 4 is 17.5 Å². The second-order valence-electron chi connectivity index (χ2n) is 5.50. The summed E-state index contributed by atoms with van der Waals surface area (Å²) in [5.41, 5.74) is 0.709. The van der Waals surface area contributed by atoms with Crippen LogP contribution in [0.4, 0.5) is 0 Å². The minimum absolute atomic E-state index is 0.0917. The molecule has 0 heterocycles. The summed E-state index contributed by atoms with van der Waals surface area (Å²) in [5, 5.41) is 0.658. The van der Waals surface area contributed by atoms with Crippen LogP contribution in [0.25, 0.3) is 0 Å². The van der Waals surface area contributed by atoms with Gasteiger partial charge in [-0.15, -0.1) is 0 Å². The Hall–Kier alpha value is -1.02. The fraction of sp³-hybridized carbons (Fsp3) is 0.533. The monoisotopic (exact) mass is 267 g/mol. The van der Waals surface area contributed by atoms with Crippen LogP contribution in [0.5, 0.6) is 0 Å². The molecule has 0 radical (unpaired) electrons. The zero-order valence-corrected chi connectivity index (χ0v) is 12.4. The summed E-state index contributed by atoms with van der Waals surface area (Å²) >= 11 is 5.84. The van der Waals surface area contributed by atoms with Crippen molar-refractivity contribution in [3.63, 3.8) is 0 Å². The topological polar surface area (TPSA) is 20.3 Å². The maximum Gasteiger partial charge on any atom is 0.253 e. The molecule has 0 saturated carbocycles. The lowest BCUT2D eigenvalue weighted by Gasteiger charge is -2.26. The Morgan fingerprint density at radius 2 is 1.50 bits per heavy atom. The number of amides is 1. The molecule has 0 saturated heterocycles. The first-order valence-corrected chi connectivity index (χ1v) is 6.82. The molecule has 1 aromatic rings. The lowest BCUT2D eigenvalue weighted by atomic mass is 10.1. The van der Waals surface area contributed by atoms with Gasteiger partial charge < -0.3 is 4.90 Å². The average Bonchev–Trinajstić information content (AvgIpc) is 2.27. The van der Waals surface area contributed by atoms with E-state index in [0.29, 0.717) is 22.4 Å². The Balaban J connectivity index is 2.83. The van der Waals surface area contributed by atoms with Gasteiger partial charge in [-0.1, -0.05) is 39.3 Å². The highest BCUT2D eigenvalue weighted by Gasteiger charge is 2.17. The number of carbonyl (C=O) groups excluding carboxylic acids is 1. The smallest absolute Gasteiger partial charge is 0.253 e. The maximum absolute atomic E-state index is 12.4. The first kappa shape index (κ1) is 15.0. The van der Waals surface area contributed by atoms with E-state index in [9.17, 15) is 4.79 Å². The van der Waals surface area contributed by atoms with Crippen LogP contribution in [0, 0.1) is 11.8 Å². The van der Waals surface area contributed by atoms with Crippen molar-refractivity contribution in [1.82, 2.24) is 4.90 Å². The Kier molecular flexibility index (Phi) is 5.67. The molecule has 0 aliphatic rings. The Labute approximate surface area is 115 Å². The molecule has 1 amide bonds. The van der Waals surface area contributed by atoms with Crippen LogP contribution in [0.3, 0.4) is 0 Å². The molecule has 0 fully saturated rings. The van der Waals surface area contributed by atoms with E-state index < -0.39 is 0 Å². The van der Waals surface area contributed by atoms with Gasteiger partial charge in [0.25, 0.3) is 5.91 Å². The van der Waals surface area contributed by atoms with Gasteiger partial charge in [0.05, 0.1) is 0 Å². The third kappa shape index (κ3) is 4.69. The largest absolute Gasteiger partial charge is 0.338 e. The molecule has 2 nitrogen and oxygen atoms in total. The minimum atomic E-state index is 0.0917. The van der Waals surface area contributed by atoms with Crippen LogP contribution in [-0.2, 0) is 0 Å². The summed E-state index contributed by atoms with van der Waals surface area (Å²) in [4.78, 5) is 14.3. The fourth-order valence-corrected chi connectivity index (χ4v) is 2.02. The van der Waals surface area contributed by atoms with E-state index in [1.165, 1.54) is 0 Å². The molecule has 0 spiro atoms. The standard InChI is InChI=1S/C15H22ClNO/c1-11(2)9-17(10-12(3)4)15(18)13-5-7-14(16)8-6-13/h5-8,11-12H,9-10H2,1-4H3. The molecular weight excluding hydrogens is 246 g/mol. The van der Waals surface area contributed by atoms with Crippen molar-refractivity contribution < 1.29 is 4.79 Å². The summed E-state index contributed by atoms with van der Waals surface area (Å²) in [6.07, 6.45) is 0. The molecule has 0 atom stereocenters. The van der Waals surface area contributed by atoms with E-state index >= 15 is 0 Å². The number of hydrogen-bond acceptors (Lipinski definition) is 1. The van der Waals surface area contributed by atoms with Gasteiger partial charge in [-0.25, -0.2) is 0 Å². The van der Waals surface area contributed by atoms with Gasteiger partial charge in [0.15, 0.2) is 0 Å². The molecule has 0 N–H and O–H groups in total. The zero-order chi connectivity index (χ0) is 13.7. The lowest BCUT2D eigenvalue weighted by Crippen LogP contribution is -2.36. The molecule has 0 aliphatic carbocycles. The van der Waals surface area contributed by atoms with Gasteiger partial charge in [-0.3, -0.25) is 4.79 Å². The van der Waals surface area contributed by atoms with E-state index in [0.717, 1.165) is 13.1 Å². The van der Waals surface area contributed by atoms with Gasteiger partial charge in [0.1, 0.15) is 0 Å². The Morgan fingerprint density at radius 1 is 1.06 bits per heavy atom. The van der Waals surface area contributed by atoms with Crippen molar-refractivity contribution in [1.29, 1.82) is 0 Å². The molecule has 100 valence electrons. The van der Waals surface area contributed by atoms with Crippen molar-refractivity contribution in [2.75, 3.05) is 13.1 Å². The molecular formula is C15H22ClNO. The van der Waals surface area contributed by atoms with Crippen LogP contribution < -0.4 is 0 Å². The third-order valence-electron chi connectivity index (χ3n) is 2.55. The van der Waals surface area contributed by atoms with Crippen LogP contribution in [0.2, 0.25) is 5.02 Å². The van der Waals surface area contributed by atoms with Gasteiger partial charge in [-0.2, -0.15) is 0 Å². The number of carbonyl (C=O) groups is 1. The molecule has 0 bridgehead atoms. The molecule has 18 heavy (non-hydrogen) atoms. The number of halogens is 1. The zero-order valence-electron chi connectivity index (χ0n) is 11.6. The molecule has 0 aliphatic heterocycles. The predicted molar refractivity (Wildman–Crippen MR) is 77.0 cm³/mol. The molecule has 1 aromatic carbocycles. The number of rotatable bonds is 5. The van der Waals surface area contributed by atoms with Gasteiger partial charge >= 0.3 is 0 Å². The van der Waals surface area contributed by atoms with Crippen LogP contribution in [-0.4, -0.2) is 23.9 Å². The van der Waals surface area contributed by atoms with Crippen molar-refractivity contribution in [3.05, 3.63) is 34.9 Å². The molecule has 0 aromatic heterocycles. The molecule has 1 rings (SSSR count). The maximum atomic E-state index is 12.4. The molecule has 3 heteroatoms. The molecule has 0 unspecified atom stereocenters. The van der Waals surface area contributed by atoms with E-state index in [1.807, 2.05) is 4.90 Å². The summed E-state index contributed by atoms with van der Waals surface area (Å²) in [6, 6.07) is 7.10. The van der Waals surface area contributed by atoms with Crippen LogP contribution >= 0.6 is 11.6 Å². The van der Waals surface area contributed by atoms with Gasteiger partial charge in [0, 0.05) is 23.7 Å².